The summed E-state index contributed by atoms with van der Waals surface area (Å²) >= 11 is 0. The van der Waals surface area contributed by atoms with Gasteiger partial charge in [-0.05, 0) is 6.42 Å². The quantitative estimate of drug-likeness (QED) is 0.606. The minimum Gasteiger partial charge on any atom is -0.394 e. The van der Waals surface area contributed by atoms with Crippen LogP contribution in [0.2, 0.25) is 0 Å². The Hall–Kier alpha value is -0.870. The molecular weight excluding hydrogens is 238 g/mol. The summed E-state index contributed by atoms with van der Waals surface area (Å²) in [7, 11) is 0. The molecule has 1 unspecified atom stereocenters. The lowest BCUT2D eigenvalue weighted by molar-refractivity contribution is 0.263. The number of nitrogens with two attached hydrogens (primary N) is 1. The van der Waals surface area contributed by atoms with Crippen LogP contribution in [0.5, 0.6) is 0 Å². The predicted octanol–water partition coefficient (Wildman–Crippen LogP) is 3.02. The fraction of sp³-hybridized carbons (Fsp3) is 0.800. The van der Waals surface area contributed by atoms with Crippen LogP contribution in [0.3, 0.4) is 0 Å². The lowest BCUT2D eigenvalue weighted by atomic mass is 10.1. The molecule has 0 amide bonds. The fourth-order valence-electron chi connectivity index (χ4n) is 2.34. The summed E-state index contributed by atoms with van der Waals surface area (Å²) in [6.45, 7) is 3.18. The van der Waals surface area contributed by atoms with Crippen molar-refractivity contribution < 1.29 is 5.11 Å². The Morgan fingerprint density at radius 2 is 1.79 bits per heavy atom. The van der Waals surface area contributed by atoms with Crippen molar-refractivity contribution in [3.63, 3.8) is 0 Å². The van der Waals surface area contributed by atoms with Crippen molar-refractivity contribution in [2.24, 2.45) is 5.73 Å². The number of aliphatic hydroxyl groups is 1. The molecule has 1 rings (SSSR count). The molecule has 0 saturated carbocycles. The smallest absolute Gasteiger partial charge is 0.0948 e. The minimum absolute atomic E-state index is 0.0247. The van der Waals surface area contributed by atoms with Crippen LogP contribution in [0.15, 0.2) is 12.5 Å². The first-order chi connectivity index (χ1) is 9.29. The number of aryl methyl sites for hydroxylation is 1. The maximum atomic E-state index is 9.08. The van der Waals surface area contributed by atoms with Crippen LogP contribution >= 0.6 is 0 Å². The molecule has 0 aliphatic rings. The molecule has 1 heterocycles. The Kier molecular flexibility index (Phi) is 8.50. The van der Waals surface area contributed by atoms with Crippen LogP contribution in [0.25, 0.3) is 0 Å². The molecule has 1 aromatic heterocycles. The van der Waals surface area contributed by atoms with E-state index < -0.39 is 0 Å². The lowest BCUT2D eigenvalue weighted by Crippen LogP contribution is -2.18. The zero-order chi connectivity index (χ0) is 13.9. The predicted molar refractivity (Wildman–Crippen MR) is 78.9 cm³/mol. The standard InChI is InChI=1S/C15H29N3O/c1-2-3-4-5-6-7-8-9-10-18-13-17-11-15(18)14(16)12-19/h11,13-14,19H,2-10,12,16H2,1H3. The maximum absolute atomic E-state index is 9.08. The number of rotatable bonds is 11. The third-order valence-corrected chi connectivity index (χ3v) is 3.57. The van der Waals surface area contributed by atoms with Crippen LogP contribution in [0.1, 0.15) is 70.0 Å². The van der Waals surface area contributed by atoms with Crippen molar-refractivity contribution >= 4 is 0 Å². The van der Waals surface area contributed by atoms with E-state index in [-0.39, 0.29) is 12.6 Å². The lowest BCUT2D eigenvalue weighted by Gasteiger charge is -2.12. The molecule has 0 bridgehead atoms. The van der Waals surface area contributed by atoms with Gasteiger partial charge in [0.15, 0.2) is 0 Å². The van der Waals surface area contributed by atoms with Crippen LogP contribution < -0.4 is 5.73 Å². The summed E-state index contributed by atoms with van der Waals surface area (Å²) in [5.41, 5.74) is 6.76. The van der Waals surface area contributed by atoms with Gasteiger partial charge >= 0.3 is 0 Å². The van der Waals surface area contributed by atoms with Crippen molar-refractivity contribution in [3.05, 3.63) is 18.2 Å². The van der Waals surface area contributed by atoms with Gasteiger partial charge in [0.2, 0.25) is 0 Å². The van der Waals surface area contributed by atoms with Gasteiger partial charge in [0.1, 0.15) is 0 Å². The molecule has 0 aromatic carbocycles. The van der Waals surface area contributed by atoms with E-state index in [0.717, 1.165) is 18.7 Å². The van der Waals surface area contributed by atoms with E-state index in [2.05, 4.69) is 16.5 Å². The third-order valence-electron chi connectivity index (χ3n) is 3.57. The first-order valence-electron chi connectivity index (χ1n) is 7.66. The Labute approximate surface area is 117 Å². The Morgan fingerprint density at radius 3 is 2.42 bits per heavy atom. The van der Waals surface area contributed by atoms with Gasteiger partial charge in [0, 0.05) is 12.7 Å². The maximum Gasteiger partial charge on any atom is 0.0948 e. The molecule has 19 heavy (non-hydrogen) atoms. The zero-order valence-corrected chi connectivity index (χ0v) is 12.2. The van der Waals surface area contributed by atoms with Gasteiger partial charge in [-0.3, -0.25) is 0 Å². The molecule has 110 valence electrons. The van der Waals surface area contributed by atoms with Crippen LogP contribution in [0, 0.1) is 0 Å². The van der Waals surface area contributed by atoms with E-state index in [4.69, 9.17) is 10.8 Å². The molecule has 0 spiro atoms. The molecule has 0 radical (unpaired) electrons. The highest BCUT2D eigenvalue weighted by atomic mass is 16.3. The highest BCUT2D eigenvalue weighted by Crippen LogP contribution is 2.12. The molecule has 0 aliphatic heterocycles. The summed E-state index contributed by atoms with van der Waals surface area (Å²) in [4.78, 5) is 4.11. The Balaban J connectivity index is 2.11. The number of hydrogen-bond donors (Lipinski definition) is 2. The second-order valence-corrected chi connectivity index (χ2v) is 5.28. The number of imidazole rings is 1. The number of aromatic nitrogens is 2. The Bertz CT molecular complexity index is 325. The molecular formula is C15H29N3O. The fourth-order valence-corrected chi connectivity index (χ4v) is 2.34. The summed E-state index contributed by atoms with van der Waals surface area (Å²) in [5.74, 6) is 0. The average molecular weight is 267 g/mol. The van der Waals surface area contributed by atoms with E-state index in [1.807, 2.05) is 6.33 Å². The normalized spacial score (nSPS) is 12.8. The second-order valence-electron chi connectivity index (χ2n) is 5.28. The van der Waals surface area contributed by atoms with Crippen molar-refractivity contribution in [1.82, 2.24) is 9.55 Å². The van der Waals surface area contributed by atoms with Gasteiger partial charge in [-0.15, -0.1) is 0 Å². The largest absolute Gasteiger partial charge is 0.394 e. The highest BCUT2D eigenvalue weighted by molar-refractivity contribution is 5.04. The van der Waals surface area contributed by atoms with E-state index in [1.165, 1.54) is 44.9 Å². The van der Waals surface area contributed by atoms with Gasteiger partial charge < -0.3 is 15.4 Å². The topological polar surface area (TPSA) is 64.1 Å². The second kappa shape index (κ2) is 9.98. The first-order valence-corrected chi connectivity index (χ1v) is 7.66. The van der Waals surface area contributed by atoms with Crippen molar-refractivity contribution in [3.8, 4) is 0 Å². The number of nitrogens with zero attached hydrogens (tertiary/aromatic N) is 2. The number of hydrogen-bond acceptors (Lipinski definition) is 3. The van der Waals surface area contributed by atoms with E-state index in [9.17, 15) is 0 Å². The van der Waals surface area contributed by atoms with Crippen molar-refractivity contribution in [1.29, 1.82) is 0 Å². The van der Waals surface area contributed by atoms with Gasteiger partial charge in [0.05, 0.1) is 24.7 Å². The monoisotopic (exact) mass is 267 g/mol. The van der Waals surface area contributed by atoms with E-state index in [1.54, 1.807) is 6.20 Å². The summed E-state index contributed by atoms with van der Waals surface area (Å²) in [6, 6.07) is -0.309. The molecule has 0 saturated heterocycles. The van der Waals surface area contributed by atoms with Crippen LogP contribution in [0.4, 0.5) is 0 Å². The molecule has 1 aromatic rings. The van der Waals surface area contributed by atoms with Crippen LogP contribution in [-0.2, 0) is 6.54 Å². The number of unbranched alkanes of at least 4 members (excludes halogenated alkanes) is 7. The van der Waals surface area contributed by atoms with E-state index in [0.29, 0.717) is 0 Å². The van der Waals surface area contributed by atoms with Gasteiger partial charge in [-0.25, -0.2) is 4.98 Å². The zero-order valence-electron chi connectivity index (χ0n) is 12.2. The number of aliphatic hydroxyl groups excluding tert-OH is 1. The average Bonchev–Trinajstić information content (AvgIpc) is 2.89. The van der Waals surface area contributed by atoms with Gasteiger partial charge in [-0.2, -0.15) is 0 Å². The minimum atomic E-state index is -0.309. The van der Waals surface area contributed by atoms with Crippen molar-refractivity contribution in [2.75, 3.05) is 6.61 Å². The van der Waals surface area contributed by atoms with Gasteiger partial charge in [-0.1, -0.05) is 51.9 Å². The first kappa shape index (κ1) is 16.2. The van der Waals surface area contributed by atoms with E-state index >= 15 is 0 Å². The molecule has 0 fully saturated rings. The molecule has 4 heteroatoms. The Morgan fingerprint density at radius 1 is 1.16 bits per heavy atom. The van der Waals surface area contributed by atoms with Crippen LogP contribution in [-0.4, -0.2) is 21.3 Å². The summed E-state index contributed by atoms with van der Waals surface area (Å²) in [6.07, 6.45) is 14.1. The molecule has 0 aliphatic carbocycles. The van der Waals surface area contributed by atoms with Crippen molar-refractivity contribution in [2.45, 2.75) is 70.9 Å². The SMILES string of the molecule is CCCCCCCCCCn1cncc1C(N)CO. The molecule has 1 atom stereocenters. The molecule has 4 nitrogen and oxygen atoms in total. The third kappa shape index (κ3) is 6.21. The summed E-state index contributed by atoms with van der Waals surface area (Å²) in [5, 5.41) is 9.08. The highest BCUT2D eigenvalue weighted by Gasteiger charge is 2.09. The van der Waals surface area contributed by atoms with Gasteiger partial charge in [0.25, 0.3) is 0 Å². The summed E-state index contributed by atoms with van der Waals surface area (Å²) < 4.78 is 2.07. The molecule has 3 N–H and O–H groups in total.